The fourth-order valence-electron chi connectivity index (χ4n) is 2.25. The molecule has 0 spiro atoms. The van der Waals surface area contributed by atoms with Gasteiger partial charge < -0.3 is 10.2 Å². The first-order chi connectivity index (χ1) is 10.9. The molecule has 0 aliphatic rings. The van der Waals surface area contributed by atoms with E-state index in [0.717, 1.165) is 27.9 Å². The van der Waals surface area contributed by atoms with Crippen molar-refractivity contribution in [2.75, 3.05) is 5.75 Å². The van der Waals surface area contributed by atoms with Crippen LogP contribution in [-0.4, -0.2) is 21.9 Å². The number of hydrogen-bond acceptors (Lipinski definition) is 3. The van der Waals surface area contributed by atoms with Crippen molar-refractivity contribution >= 4 is 17.7 Å². The average Bonchev–Trinajstić information content (AvgIpc) is 2.41. The number of hydrogen-bond donors (Lipinski definition) is 2. The number of rotatable bonds is 5. The fraction of sp³-hybridized carbons (Fsp3) is 0.450. The molecule has 0 fully saturated rings. The van der Waals surface area contributed by atoms with Crippen molar-refractivity contribution in [2.24, 2.45) is 0 Å². The summed E-state index contributed by atoms with van der Waals surface area (Å²) in [6.07, 6.45) is 6.28. The summed E-state index contributed by atoms with van der Waals surface area (Å²) in [7, 11) is 0. The van der Waals surface area contributed by atoms with Crippen LogP contribution in [0.15, 0.2) is 41.3 Å². The Morgan fingerprint density at radius 2 is 1.54 bits per heavy atom. The van der Waals surface area contributed by atoms with E-state index in [9.17, 15) is 9.90 Å². The van der Waals surface area contributed by atoms with Gasteiger partial charge in [-0.25, -0.2) is 4.79 Å². The Bertz CT molecular complexity index is 609. The Balaban J connectivity index is 3.05. The molecule has 0 radical (unpaired) electrons. The molecule has 132 valence electrons. The third kappa shape index (κ3) is 6.08. The number of carboxylic acids is 1. The molecule has 0 aromatic heterocycles. The van der Waals surface area contributed by atoms with E-state index in [1.807, 2.05) is 6.08 Å². The number of aliphatic carboxylic acids is 1. The van der Waals surface area contributed by atoms with E-state index in [1.54, 1.807) is 17.8 Å². The Hall–Kier alpha value is -1.68. The monoisotopic (exact) mass is 348 g/mol. The summed E-state index contributed by atoms with van der Waals surface area (Å²) >= 11 is 1.67. The van der Waals surface area contributed by atoms with Gasteiger partial charge in [0.05, 0.1) is 0 Å². The second-order valence-electron chi connectivity index (χ2n) is 7.80. The Kier molecular flexibility index (Phi) is 6.73. The predicted molar refractivity (Wildman–Crippen MR) is 102 cm³/mol. The number of thioether (sulfide) groups is 1. The van der Waals surface area contributed by atoms with Gasteiger partial charge in [0.15, 0.2) is 0 Å². The molecular weight excluding hydrogens is 320 g/mol. The minimum Gasteiger partial charge on any atom is -0.507 e. The molecule has 2 N–H and O–H groups in total. The van der Waals surface area contributed by atoms with Crippen LogP contribution < -0.4 is 0 Å². The molecule has 1 aromatic carbocycles. The quantitative estimate of drug-likeness (QED) is 0.432. The molecule has 0 amide bonds. The average molecular weight is 349 g/mol. The van der Waals surface area contributed by atoms with Crippen molar-refractivity contribution in [1.29, 1.82) is 0 Å². The van der Waals surface area contributed by atoms with Gasteiger partial charge in [0.25, 0.3) is 0 Å². The molecule has 24 heavy (non-hydrogen) atoms. The third-order valence-electron chi connectivity index (χ3n) is 3.53. The van der Waals surface area contributed by atoms with Crippen LogP contribution in [0.25, 0.3) is 0 Å². The highest BCUT2D eigenvalue weighted by Crippen LogP contribution is 2.41. The van der Waals surface area contributed by atoms with Gasteiger partial charge in [0.1, 0.15) is 5.75 Å². The summed E-state index contributed by atoms with van der Waals surface area (Å²) in [5, 5.41) is 19.2. The topological polar surface area (TPSA) is 57.5 Å². The first-order valence-corrected chi connectivity index (χ1v) is 8.98. The summed E-state index contributed by atoms with van der Waals surface area (Å²) in [6, 6.07) is 4.10. The van der Waals surface area contributed by atoms with Crippen LogP contribution in [0.5, 0.6) is 5.75 Å². The van der Waals surface area contributed by atoms with Crippen LogP contribution in [0.2, 0.25) is 0 Å². The Morgan fingerprint density at radius 3 is 1.96 bits per heavy atom. The second kappa shape index (κ2) is 7.93. The van der Waals surface area contributed by atoms with Crippen LogP contribution in [0.4, 0.5) is 0 Å². The largest absolute Gasteiger partial charge is 0.507 e. The van der Waals surface area contributed by atoms with E-state index in [2.05, 4.69) is 53.7 Å². The Morgan fingerprint density at radius 1 is 1.04 bits per heavy atom. The van der Waals surface area contributed by atoms with Crippen molar-refractivity contribution < 1.29 is 15.0 Å². The lowest BCUT2D eigenvalue weighted by Crippen LogP contribution is -2.17. The van der Waals surface area contributed by atoms with Gasteiger partial charge in [-0.05, 0) is 23.0 Å². The molecule has 4 heteroatoms. The summed E-state index contributed by atoms with van der Waals surface area (Å²) in [4.78, 5) is 11.5. The molecule has 1 rings (SSSR count). The highest BCUT2D eigenvalue weighted by molar-refractivity contribution is 7.99. The first-order valence-electron chi connectivity index (χ1n) is 8.00. The summed E-state index contributed by atoms with van der Waals surface area (Å²) < 4.78 is 0. The van der Waals surface area contributed by atoms with Crippen LogP contribution in [-0.2, 0) is 15.6 Å². The second-order valence-corrected chi connectivity index (χ2v) is 8.90. The highest BCUT2D eigenvalue weighted by Gasteiger charge is 2.26. The minimum atomic E-state index is -0.949. The number of carboxylic acid groups (broad SMARTS) is 1. The number of carbonyl (C=O) groups is 1. The lowest BCUT2D eigenvalue weighted by atomic mass is 9.79. The molecule has 0 saturated heterocycles. The zero-order valence-corrected chi connectivity index (χ0v) is 16.2. The van der Waals surface area contributed by atoms with Gasteiger partial charge in [0.2, 0.25) is 0 Å². The van der Waals surface area contributed by atoms with Crippen LogP contribution in [0, 0.1) is 0 Å². The van der Waals surface area contributed by atoms with E-state index in [0.29, 0.717) is 5.75 Å². The van der Waals surface area contributed by atoms with Gasteiger partial charge in [-0.2, -0.15) is 0 Å². The van der Waals surface area contributed by atoms with Gasteiger partial charge in [-0.1, -0.05) is 59.8 Å². The summed E-state index contributed by atoms with van der Waals surface area (Å²) in [5.74, 6) is 0.178. The number of phenols is 1. The molecule has 1 aromatic rings. The van der Waals surface area contributed by atoms with Gasteiger partial charge in [-0.15, -0.1) is 11.8 Å². The van der Waals surface area contributed by atoms with Crippen LogP contribution in [0.3, 0.4) is 0 Å². The molecule has 0 atom stereocenters. The van der Waals surface area contributed by atoms with E-state index < -0.39 is 5.97 Å². The lowest BCUT2D eigenvalue weighted by Gasteiger charge is -2.28. The van der Waals surface area contributed by atoms with Gasteiger partial charge in [-0.3, -0.25) is 0 Å². The highest BCUT2D eigenvalue weighted by atomic mass is 32.2. The molecule has 0 aliphatic carbocycles. The smallest absolute Gasteiger partial charge is 0.328 e. The normalized spacial score (nSPS) is 13.1. The summed E-state index contributed by atoms with van der Waals surface area (Å²) in [5.41, 5.74) is 1.63. The molecule has 0 unspecified atom stereocenters. The maximum Gasteiger partial charge on any atom is 0.328 e. The summed E-state index contributed by atoms with van der Waals surface area (Å²) in [6.45, 7) is 12.6. The van der Waals surface area contributed by atoms with Crippen molar-refractivity contribution in [3.8, 4) is 5.75 Å². The number of benzene rings is 1. The molecule has 0 saturated carbocycles. The molecular formula is C20H28O3S. The van der Waals surface area contributed by atoms with Crippen LogP contribution in [0.1, 0.15) is 52.7 Å². The molecule has 0 bridgehead atoms. The Labute approximate surface area is 149 Å². The number of aromatic hydroxyl groups is 1. The van der Waals surface area contributed by atoms with E-state index in [4.69, 9.17) is 5.11 Å². The number of allylic oxidation sites excluding steroid dienone is 2. The van der Waals surface area contributed by atoms with Crippen molar-refractivity contribution in [3.63, 3.8) is 0 Å². The van der Waals surface area contributed by atoms with Gasteiger partial charge >= 0.3 is 5.97 Å². The molecule has 0 heterocycles. The minimum absolute atomic E-state index is 0.138. The predicted octanol–water partition coefficient (Wildman–Crippen LogP) is 5.28. The van der Waals surface area contributed by atoms with Crippen molar-refractivity contribution in [3.05, 3.63) is 47.6 Å². The van der Waals surface area contributed by atoms with E-state index >= 15 is 0 Å². The lowest BCUT2D eigenvalue weighted by molar-refractivity contribution is -0.131. The van der Waals surface area contributed by atoms with E-state index in [-0.39, 0.29) is 10.8 Å². The van der Waals surface area contributed by atoms with Crippen LogP contribution >= 0.6 is 11.8 Å². The fourth-order valence-corrected chi connectivity index (χ4v) is 3.05. The maximum atomic E-state index is 10.7. The SMILES string of the molecule is CC(C)(C)c1cc(SC/C=C/C=C/C(=O)O)cc(C(C)(C)C)c1O. The maximum absolute atomic E-state index is 10.7. The molecule has 0 aliphatic heterocycles. The molecule has 3 nitrogen and oxygen atoms in total. The zero-order valence-electron chi connectivity index (χ0n) is 15.4. The van der Waals surface area contributed by atoms with Gasteiger partial charge in [0, 0.05) is 27.9 Å². The zero-order chi connectivity index (χ0) is 18.5. The van der Waals surface area contributed by atoms with Crippen molar-refractivity contribution in [1.82, 2.24) is 0 Å². The first kappa shape index (κ1) is 20.4. The number of phenolic OH excluding ortho intramolecular Hbond substituents is 1. The van der Waals surface area contributed by atoms with E-state index in [1.165, 1.54) is 6.08 Å². The van der Waals surface area contributed by atoms with Crippen molar-refractivity contribution in [2.45, 2.75) is 57.3 Å². The standard InChI is InChI=1S/C20H28O3S/c1-19(2,3)15-12-14(13-16(18(15)23)20(4,5)6)24-11-9-7-8-10-17(21)22/h7-10,12-13,23H,11H2,1-6H3,(H,21,22)/b9-7+,10-8+. The third-order valence-corrected chi connectivity index (χ3v) is 4.46.